The summed E-state index contributed by atoms with van der Waals surface area (Å²) in [5.74, 6) is 1.06. The molecular formula is C16H27N3O. The standard InChI is InChI=1S/C16H27N3O/c1-18(2)15(16-7-5-11-20-16)12-17-13-8-10-19-9-4-3-6-14(13)19/h5,7,11,13-15,17H,3-4,6,8-10,12H2,1-2H3. The van der Waals surface area contributed by atoms with Gasteiger partial charge in [0.15, 0.2) is 0 Å². The Morgan fingerprint density at radius 2 is 2.25 bits per heavy atom. The van der Waals surface area contributed by atoms with Gasteiger partial charge in [0.2, 0.25) is 0 Å². The average molecular weight is 277 g/mol. The number of hydrogen-bond acceptors (Lipinski definition) is 4. The number of hydrogen-bond donors (Lipinski definition) is 1. The first kappa shape index (κ1) is 14.1. The molecule has 4 heteroatoms. The van der Waals surface area contributed by atoms with Gasteiger partial charge in [0.1, 0.15) is 5.76 Å². The predicted octanol–water partition coefficient (Wildman–Crippen LogP) is 2.10. The van der Waals surface area contributed by atoms with Gasteiger partial charge in [-0.05, 0) is 52.0 Å². The Hall–Kier alpha value is -0.840. The monoisotopic (exact) mass is 277 g/mol. The zero-order chi connectivity index (χ0) is 13.9. The van der Waals surface area contributed by atoms with E-state index in [-0.39, 0.29) is 0 Å². The second-order valence-corrected chi connectivity index (χ2v) is 6.40. The molecule has 1 aromatic heterocycles. The SMILES string of the molecule is CN(C)C(CNC1CCN2CCCCC12)c1ccco1. The molecule has 0 aromatic carbocycles. The Kier molecular flexibility index (Phi) is 4.44. The lowest BCUT2D eigenvalue weighted by Crippen LogP contribution is -2.46. The fourth-order valence-electron chi connectivity index (χ4n) is 3.77. The van der Waals surface area contributed by atoms with Crippen molar-refractivity contribution >= 4 is 0 Å². The van der Waals surface area contributed by atoms with Crippen LogP contribution in [0, 0.1) is 0 Å². The summed E-state index contributed by atoms with van der Waals surface area (Å²) < 4.78 is 5.59. The molecule has 0 aliphatic carbocycles. The van der Waals surface area contributed by atoms with E-state index in [1.807, 2.05) is 6.07 Å². The smallest absolute Gasteiger partial charge is 0.122 e. The van der Waals surface area contributed by atoms with Crippen molar-refractivity contribution in [3.05, 3.63) is 24.2 Å². The van der Waals surface area contributed by atoms with Crippen molar-refractivity contribution in [1.29, 1.82) is 0 Å². The van der Waals surface area contributed by atoms with Crippen molar-refractivity contribution in [2.75, 3.05) is 33.7 Å². The van der Waals surface area contributed by atoms with Crippen molar-refractivity contribution < 1.29 is 4.42 Å². The van der Waals surface area contributed by atoms with Gasteiger partial charge in [-0.15, -0.1) is 0 Å². The van der Waals surface area contributed by atoms with E-state index in [4.69, 9.17) is 4.42 Å². The molecule has 4 nitrogen and oxygen atoms in total. The zero-order valence-electron chi connectivity index (χ0n) is 12.7. The summed E-state index contributed by atoms with van der Waals surface area (Å²) in [6.07, 6.45) is 7.21. The summed E-state index contributed by atoms with van der Waals surface area (Å²) in [6, 6.07) is 5.80. The van der Waals surface area contributed by atoms with E-state index >= 15 is 0 Å². The Balaban J connectivity index is 1.58. The first-order valence-corrected chi connectivity index (χ1v) is 7.93. The molecule has 1 N–H and O–H groups in total. The normalized spacial score (nSPS) is 28.8. The van der Waals surface area contributed by atoms with Crippen LogP contribution < -0.4 is 5.32 Å². The molecule has 0 amide bonds. The van der Waals surface area contributed by atoms with E-state index in [0.29, 0.717) is 12.1 Å². The second kappa shape index (κ2) is 6.29. The van der Waals surface area contributed by atoms with Crippen LogP contribution in [0.1, 0.15) is 37.5 Å². The molecule has 2 saturated heterocycles. The highest BCUT2D eigenvalue weighted by atomic mass is 16.3. The highest BCUT2D eigenvalue weighted by molar-refractivity contribution is 5.05. The van der Waals surface area contributed by atoms with Gasteiger partial charge in [-0.3, -0.25) is 9.80 Å². The van der Waals surface area contributed by atoms with Crippen LogP contribution in [-0.4, -0.2) is 55.6 Å². The third-order valence-corrected chi connectivity index (χ3v) is 4.92. The quantitative estimate of drug-likeness (QED) is 0.893. The molecule has 1 aromatic rings. The van der Waals surface area contributed by atoms with Gasteiger partial charge in [0.25, 0.3) is 0 Å². The van der Waals surface area contributed by atoms with Crippen LogP contribution in [0.3, 0.4) is 0 Å². The maximum atomic E-state index is 5.59. The number of fused-ring (bicyclic) bond motifs is 1. The number of furan rings is 1. The van der Waals surface area contributed by atoms with Crippen molar-refractivity contribution in [3.8, 4) is 0 Å². The molecule has 2 aliphatic heterocycles. The van der Waals surface area contributed by atoms with Crippen LogP contribution in [0.15, 0.2) is 22.8 Å². The number of nitrogens with one attached hydrogen (secondary N) is 1. The van der Waals surface area contributed by atoms with Gasteiger partial charge < -0.3 is 9.73 Å². The summed E-state index contributed by atoms with van der Waals surface area (Å²) in [5, 5.41) is 3.81. The number of rotatable bonds is 5. The lowest BCUT2D eigenvalue weighted by molar-refractivity contribution is 0.173. The minimum atomic E-state index is 0.322. The van der Waals surface area contributed by atoms with Crippen LogP contribution in [0.2, 0.25) is 0 Å². The van der Waals surface area contributed by atoms with Gasteiger partial charge in [0.05, 0.1) is 12.3 Å². The van der Waals surface area contributed by atoms with Crippen molar-refractivity contribution in [3.63, 3.8) is 0 Å². The van der Waals surface area contributed by atoms with Crippen LogP contribution in [0.25, 0.3) is 0 Å². The minimum Gasteiger partial charge on any atom is -0.468 e. The lowest BCUT2D eigenvalue weighted by Gasteiger charge is -2.33. The topological polar surface area (TPSA) is 31.6 Å². The van der Waals surface area contributed by atoms with E-state index < -0.39 is 0 Å². The molecule has 20 heavy (non-hydrogen) atoms. The fourth-order valence-corrected chi connectivity index (χ4v) is 3.77. The third-order valence-electron chi connectivity index (χ3n) is 4.92. The number of piperidine rings is 1. The molecule has 3 rings (SSSR count). The third kappa shape index (κ3) is 2.92. The summed E-state index contributed by atoms with van der Waals surface area (Å²) in [4.78, 5) is 4.91. The molecular weight excluding hydrogens is 250 g/mol. The molecule has 0 bridgehead atoms. The Morgan fingerprint density at radius 3 is 3.00 bits per heavy atom. The van der Waals surface area contributed by atoms with Crippen LogP contribution in [0.4, 0.5) is 0 Å². The maximum absolute atomic E-state index is 5.59. The van der Waals surface area contributed by atoms with E-state index in [1.54, 1.807) is 6.26 Å². The highest BCUT2D eigenvalue weighted by Crippen LogP contribution is 2.28. The van der Waals surface area contributed by atoms with Gasteiger partial charge >= 0.3 is 0 Å². The van der Waals surface area contributed by atoms with E-state index in [9.17, 15) is 0 Å². The average Bonchev–Trinajstić information content (AvgIpc) is 3.09. The van der Waals surface area contributed by atoms with Crippen LogP contribution in [0.5, 0.6) is 0 Å². The molecule has 3 heterocycles. The van der Waals surface area contributed by atoms with Crippen molar-refractivity contribution in [1.82, 2.24) is 15.1 Å². The lowest BCUT2D eigenvalue weighted by atomic mass is 9.99. The Morgan fingerprint density at radius 1 is 1.35 bits per heavy atom. The first-order chi connectivity index (χ1) is 9.75. The molecule has 2 fully saturated rings. The molecule has 2 aliphatic rings. The summed E-state index contributed by atoms with van der Waals surface area (Å²) in [7, 11) is 4.24. The van der Waals surface area contributed by atoms with E-state index in [0.717, 1.165) is 18.3 Å². The van der Waals surface area contributed by atoms with Crippen molar-refractivity contribution in [2.24, 2.45) is 0 Å². The fraction of sp³-hybridized carbons (Fsp3) is 0.750. The summed E-state index contributed by atoms with van der Waals surface area (Å²) in [6.45, 7) is 3.55. The molecule has 0 spiro atoms. The second-order valence-electron chi connectivity index (χ2n) is 6.40. The van der Waals surface area contributed by atoms with E-state index in [2.05, 4.69) is 35.3 Å². The molecule has 0 radical (unpaired) electrons. The summed E-state index contributed by atoms with van der Waals surface area (Å²) in [5.41, 5.74) is 0. The van der Waals surface area contributed by atoms with E-state index in [1.165, 1.54) is 38.8 Å². The Bertz CT molecular complexity index is 404. The predicted molar refractivity (Wildman–Crippen MR) is 80.8 cm³/mol. The minimum absolute atomic E-state index is 0.322. The van der Waals surface area contributed by atoms with Crippen LogP contribution >= 0.6 is 0 Å². The highest BCUT2D eigenvalue weighted by Gasteiger charge is 2.35. The van der Waals surface area contributed by atoms with Gasteiger partial charge in [-0.2, -0.15) is 0 Å². The molecule has 0 saturated carbocycles. The first-order valence-electron chi connectivity index (χ1n) is 7.93. The summed E-state index contributed by atoms with van der Waals surface area (Å²) >= 11 is 0. The molecule has 112 valence electrons. The number of nitrogens with zero attached hydrogens (tertiary/aromatic N) is 2. The Labute approximate surface area is 122 Å². The van der Waals surface area contributed by atoms with Gasteiger partial charge in [-0.1, -0.05) is 6.42 Å². The van der Waals surface area contributed by atoms with Gasteiger partial charge in [-0.25, -0.2) is 0 Å². The van der Waals surface area contributed by atoms with Gasteiger partial charge in [0, 0.05) is 25.2 Å². The zero-order valence-corrected chi connectivity index (χ0v) is 12.7. The number of likely N-dealkylation sites (N-methyl/N-ethyl adjacent to an activating group) is 1. The maximum Gasteiger partial charge on any atom is 0.122 e. The largest absolute Gasteiger partial charge is 0.468 e. The molecule has 3 unspecified atom stereocenters. The van der Waals surface area contributed by atoms with Crippen molar-refractivity contribution in [2.45, 2.75) is 43.8 Å². The molecule has 3 atom stereocenters. The van der Waals surface area contributed by atoms with Crippen LogP contribution in [-0.2, 0) is 0 Å².